The zero-order chi connectivity index (χ0) is 17.4. The van der Waals surface area contributed by atoms with E-state index in [9.17, 15) is 10.0 Å². The second-order valence-corrected chi connectivity index (χ2v) is 5.31. The van der Waals surface area contributed by atoms with E-state index in [1.807, 2.05) is 0 Å². The number of hydrogen-bond donors (Lipinski definition) is 1. The average Bonchev–Trinajstić information content (AvgIpc) is 3.22. The van der Waals surface area contributed by atoms with E-state index in [4.69, 9.17) is 19.5 Å². The summed E-state index contributed by atoms with van der Waals surface area (Å²) in [6.07, 6.45) is 1.61. The molecule has 0 radical (unpaired) electrons. The SMILES string of the molecule is O=C1ON=C(c2cccc(N([O-])O)c2)C1=Cc1ccc2c(c1)OCO2. The third kappa shape index (κ3) is 2.80. The van der Waals surface area contributed by atoms with Gasteiger partial charge < -0.3 is 24.7 Å². The van der Waals surface area contributed by atoms with Gasteiger partial charge >= 0.3 is 5.97 Å². The van der Waals surface area contributed by atoms with Gasteiger partial charge in [-0.2, -0.15) is 0 Å². The summed E-state index contributed by atoms with van der Waals surface area (Å²) in [5, 5.41) is 23.6. The summed E-state index contributed by atoms with van der Waals surface area (Å²) in [4.78, 5) is 16.8. The number of benzene rings is 2. The van der Waals surface area contributed by atoms with Gasteiger partial charge in [-0.15, -0.1) is 0 Å². The Morgan fingerprint density at radius 2 is 2.00 bits per heavy atom. The molecule has 0 aliphatic carbocycles. The van der Waals surface area contributed by atoms with Crippen LogP contribution in [0.2, 0.25) is 0 Å². The molecule has 0 aromatic heterocycles. The van der Waals surface area contributed by atoms with E-state index < -0.39 is 5.97 Å². The highest BCUT2D eigenvalue weighted by Gasteiger charge is 2.27. The zero-order valence-corrected chi connectivity index (χ0v) is 12.7. The smallest absolute Gasteiger partial charge is 0.368 e. The summed E-state index contributed by atoms with van der Waals surface area (Å²) in [6, 6.07) is 11.3. The van der Waals surface area contributed by atoms with Gasteiger partial charge in [0.05, 0.1) is 11.3 Å². The molecule has 0 atom stereocenters. The van der Waals surface area contributed by atoms with Crippen LogP contribution in [0.1, 0.15) is 11.1 Å². The fraction of sp³-hybridized carbons (Fsp3) is 0.0588. The lowest BCUT2D eigenvalue weighted by atomic mass is 10.00. The minimum Gasteiger partial charge on any atom is -0.733 e. The molecule has 8 heteroatoms. The van der Waals surface area contributed by atoms with Gasteiger partial charge in [0, 0.05) is 5.56 Å². The van der Waals surface area contributed by atoms with Gasteiger partial charge in [0.25, 0.3) is 0 Å². The normalized spacial score (nSPS) is 16.8. The summed E-state index contributed by atoms with van der Waals surface area (Å²) < 4.78 is 10.6. The van der Waals surface area contributed by atoms with Crippen molar-refractivity contribution in [2.75, 3.05) is 12.0 Å². The van der Waals surface area contributed by atoms with Crippen LogP contribution in [0, 0.1) is 5.21 Å². The Kier molecular flexibility index (Phi) is 3.60. The predicted octanol–water partition coefficient (Wildman–Crippen LogP) is 2.45. The fourth-order valence-corrected chi connectivity index (χ4v) is 2.56. The van der Waals surface area contributed by atoms with E-state index in [0.717, 1.165) is 0 Å². The lowest BCUT2D eigenvalue weighted by Gasteiger charge is -2.21. The molecule has 0 spiro atoms. The lowest BCUT2D eigenvalue weighted by Crippen LogP contribution is -2.10. The van der Waals surface area contributed by atoms with E-state index in [2.05, 4.69) is 5.16 Å². The first-order valence-electron chi connectivity index (χ1n) is 7.29. The maximum Gasteiger partial charge on any atom is 0.368 e. The van der Waals surface area contributed by atoms with Crippen molar-refractivity contribution in [3.05, 3.63) is 64.4 Å². The highest BCUT2D eigenvalue weighted by molar-refractivity contribution is 6.31. The third-order valence-electron chi connectivity index (χ3n) is 3.74. The number of rotatable bonds is 3. The highest BCUT2D eigenvalue weighted by Crippen LogP contribution is 2.33. The molecule has 126 valence electrons. The van der Waals surface area contributed by atoms with Gasteiger partial charge in [-0.05, 0) is 35.9 Å². The van der Waals surface area contributed by atoms with Crippen molar-refractivity contribution < 1.29 is 24.3 Å². The molecule has 4 rings (SSSR count). The Balaban J connectivity index is 1.72. The largest absolute Gasteiger partial charge is 0.733 e. The molecule has 0 bridgehead atoms. The molecule has 0 fully saturated rings. The Labute approximate surface area is 141 Å². The maximum absolute atomic E-state index is 12.0. The number of nitrogens with zero attached hydrogens (tertiary/aromatic N) is 2. The van der Waals surface area contributed by atoms with Crippen LogP contribution in [0.4, 0.5) is 5.69 Å². The molecule has 0 saturated carbocycles. The fourth-order valence-electron chi connectivity index (χ4n) is 2.56. The summed E-state index contributed by atoms with van der Waals surface area (Å²) in [5.41, 5.74) is 1.68. The molecule has 2 aliphatic rings. The highest BCUT2D eigenvalue weighted by atomic mass is 16.8. The van der Waals surface area contributed by atoms with Crippen molar-refractivity contribution in [3.63, 3.8) is 0 Å². The molecule has 2 aromatic rings. The van der Waals surface area contributed by atoms with Crippen LogP contribution in [0.5, 0.6) is 11.5 Å². The van der Waals surface area contributed by atoms with Crippen molar-refractivity contribution in [1.29, 1.82) is 0 Å². The summed E-state index contributed by atoms with van der Waals surface area (Å²) >= 11 is 0. The molecular weight excluding hydrogens is 328 g/mol. The van der Waals surface area contributed by atoms with Crippen molar-refractivity contribution in [3.8, 4) is 11.5 Å². The van der Waals surface area contributed by atoms with Gasteiger partial charge in [-0.1, -0.05) is 23.4 Å². The van der Waals surface area contributed by atoms with Gasteiger partial charge in [0.1, 0.15) is 5.71 Å². The Hall–Kier alpha value is -3.36. The Bertz CT molecular complexity index is 919. The number of carbonyl (C=O) groups excluding carboxylic acids is 1. The minimum absolute atomic E-state index is 0.0157. The van der Waals surface area contributed by atoms with E-state index in [1.54, 1.807) is 36.4 Å². The van der Waals surface area contributed by atoms with Crippen molar-refractivity contribution >= 4 is 23.4 Å². The summed E-state index contributed by atoms with van der Waals surface area (Å²) in [6.45, 7) is 0.157. The quantitative estimate of drug-likeness (QED) is 0.520. The molecule has 0 unspecified atom stereocenters. The number of hydrogen-bond acceptors (Lipinski definition) is 8. The van der Waals surface area contributed by atoms with Crippen LogP contribution in [0.15, 0.2) is 53.2 Å². The topological polar surface area (TPSA) is 104 Å². The third-order valence-corrected chi connectivity index (χ3v) is 3.74. The number of oxime groups is 1. The van der Waals surface area contributed by atoms with Crippen molar-refractivity contribution in [1.82, 2.24) is 0 Å². The van der Waals surface area contributed by atoms with Crippen LogP contribution in [0.25, 0.3) is 6.08 Å². The first kappa shape index (κ1) is 15.2. The number of ether oxygens (including phenoxy) is 2. The molecule has 2 aliphatic heterocycles. The van der Waals surface area contributed by atoms with Crippen LogP contribution >= 0.6 is 0 Å². The van der Waals surface area contributed by atoms with Gasteiger partial charge in [0.15, 0.2) is 11.5 Å². The van der Waals surface area contributed by atoms with Crippen molar-refractivity contribution in [2.45, 2.75) is 0 Å². The monoisotopic (exact) mass is 339 g/mol. The summed E-state index contributed by atoms with van der Waals surface area (Å²) in [5.74, 6) is 0.612. The molecule has 0 saturated heterocycles. The van der Waals surface area contributed by atoms with Crippen LogP contribution < -0.4 is 14.7 Å². The van der Waals surface area contributed by atoms with E-state index in [1.165, 1.54) is 12.1 Å². The van der Waals surface area contributed by atoms with Gasteiger partial charge in [-0.3, -0.25) is 5.21 Å². The van der Waals surface area contributed by atoms with E-state index in [0.29, 0.717) is 22.6 Å². The first-order chi connectivity index (χ1) is 12.1. The number of fused-ring (bicyclic) bond motifs is 1. The number of anilines is 1. The van der Waals surface area contributed by atoms with Crippen LogP contribution in [-0.2, 0) is 9.63 Å². The number of carbonyl (C=O) groups is 1. The molecule has 0 amide bonds. The lowest BCUT2D eigenvalue weighted by molar-refractivity contribution is -0.136. The summed E-state index contributed by atoms with van der Waals surface area (Å²) in [7, 11) is 0. The van der Waals surface area contributed by atoms with Crippen LogP contribution in [0.3, 0.4) is 0 Å². The molecule has 8 nitrogen and oxygen atoms in total. The van der Waals surface area contributed by atoms with Gasteiger partial charge in [0.2, 0.25) is 6.79 Å². The van der Waals surface area contributed by atoms with Gasteiger partial charge in [-0.25, -0.2) is 4.79 Å². The standard InChI is InChI=1S/C17H11N2O6/c20-17-13(6-10-4-5-14-15(7-10)24-9-23-14)16(18-25-17)11-2-1-3-12(8-11)19(21)22/h1-8,21H,9H2/q-1. The van der Waals surface area contributed by atoms with Crippen LogP contribution in [-0.4, -0.2) is 23.7 Å². The average molecular weight is 339 g/mol. The Morgan fingerprint density at radius 3 is 2.84 bits per heavy atom. The molecule has 2 heterocycles. The molecule has 2 aromatic carbocycles. The second-order valence-electron chi connectivity index (χ2n) is 5.31. The Morgan fingerprint density at radius 1 is 1.16 bits per heavy atom. The van der Waals surface area contributed by atoms with E-state index >= 15 is 0 Å². The maximum atomic E-state index is 12.0. The molecule has 1 N–H and O–H groups in total. The van der Waals surface area contributed by atoms with E-state index in [-0.39, 0.29) is 29.0 Å². The second kappa shape index (κ2) is 5.93. The van der Waals surface area contributed by atoms with Crippen molar-refractivity contribution in [2.24, 2.45) is 5.16 Å². The predicted molar refractivity (Wildman–Crippen MR) is 87.2 cm³/mol. The molecule has 25 heavy (non-hydrogen) atoms. The minimum atomic E-state index is -0.610. The zero-order valence-electron chi connectivity index (χ0n) is 12.7. The molecular formula is C17H11N2O6-. The first-order valence-corrected chi connectivity index (χ1v) is 7.29.